The minimum Gasteiger partial charge on any atom is -0.324 e. The molecule has 2 N–H and O–H groups in total. The third-order valence-corrected chi connectivity index (χ3v) is 2.04. The van der Waals surface area contributed by atoms with Gasteiger partial charge < -0.3 is 5.73 Å². The second-order valence-corrected chi connectivity index (χ2v) is 3.68. The Balaban J connectivity index is 0.00000169. The van der Waals surface area contributed by atoms with E-state index >= 15 is 0 Å². The summed E-state index contributed by atoms with van der Waals surface area (Å²) < 4.78 is 0. The molecule has 0 amide bonds. The van der Waals surface area contributed by atoms with Crippen LogP contribution in [0.3, 0.4) is 0 Å². The van der Waals surface area contributed by atoms with Crippen LogP contribution in [0.2, 0.25) is 0 Å². The first-order chi connectivity index (χ1) is 6.09. The van der Waals surface area contributed by atoms with E-state index in [1.54, 1.807) is 0 Å². The van der Waals surface area contributed by atoms with Crippen LogP contribution in [0, 0.1) is 6.92 Å². The summed E-state index contributed by atoms with van der Waals surface area (Å²) in [4.78, 5) is 0. The Bertz CT molecular complexity index is 307. The van der Waals surface area contributed by atoms with Crippen molar-refractivity contribution in [3.63, 3.8) is 0 Å². The fourth-order valence-corrected chi connectivity index (χ4v) is 1.39. The zero-order valence-corrected chi connectivity index (χ0v) is 9.60. The van der Waals surface area contributed by atoms with Crippen LogP contribution in [0.15, 0.2) is 36.4 Å². The molecule has 0 aliphatic heterocycles. The van der Waals surface area contributed by atoms with E-state index in [1.807, 2.05) is 13.0 Å². The van der Waals surface area contributed by atoms with Crippen molar-refractivity contribution in [3.8, 4) is 0 Å². The summed E-state index contributed by atoms with van der Waals surface area (Å²) in [5, 5.41) is 0. The lowest BCUT2D eigenvalue weighted by atomic mass is 10.00. The Morgan fingerprint density at radius 1 is 1.50 bits per heavy atom. The van der Waals surface area contributed by atoms with Crippen LogP contribution < -0.4 is 5.73 Å². The third-order valence-electron chi connectivity index (χ3n) is 2.04. The smallest absolute Gasteiger partial charge is 0.0332 e. The molecule has 0 unspecified atom stereocenters. The number of hydrogen-bond donors (Lipinski definition) is 1. The summed E-state index contributed by atoms with van der Waals surface area (Å²) in [5.74, 6) is 0. The van der Waals surface area contributed by atoms with Gasteiger partial charge in [0.15, 0.2) is 0 Å². The number of nitrogens with two attached hydrogens (primary N) is 1. The number of aryl methyl sites for hydroxylation is 1. The largest absolute Gasteiger partial charge is 0.324 e. The first-order valence-corrected chi connectivity index (χ1v) is 4.56. The van der Waals surface area contributed by atoms with Gasteiger partial charge in [-0.2, -0.15) is 0 Å². The maximum absolute atomic E-state index is 6.00. The molecule has 78 valence electrons. The molecule has 0 radical (unpaired) electrons. The highest BCUT2D eigenvalue weighted by molar-refractivity contribution is 5.85. The van der Waals surface area contributed by atoms with Gasteiger partial charge in [-0.15, -0.1) is 19.0 Å². The lowest BCUT2D eigenvalue weighted by Gasteiger charge is -2.12. The molecule has 0 saturated carbocycles. The summed E-state index contributed by atoms with van der Waals surface area (Å²) in [6, 6.07) is 8.42. The Morgan fingerprint density at radius 2 is 2.14 bits per heavy atom. The molecule has 0 saturated heterocycles. The van der Waals surface area contributed by atoms with Gasteiger partial charge in [0.2, 0.25) is 0 Å². The second-order valence-electron chi connectivity index (χ2n) is 3.68. The summed E-state index contributed by atoms with van der Waals surface area (Å²) in [5.41, 5.74) is 9.59. The van der Waals surface area contributed by atoms with E-state index in [4.69, 9.17) is 5.73 Å². The van der Waals surface area contributed by atoms with E-state index in [2.05, 4.69) is 31.7 Å². The molecule has 0 spiro atoms. The highest BCUT2D eigenvalue weighted by atomic mass is 35.5. The van der Waals surface area contributed by atoms with Crippen LogP contribution in [0.5, 0.6) is 0 Å². The number of hydrogen-bond acceptors (Lipinski definition) is 1. The molecular weight excluding hydrogens is 194 g/mol. The van der Waals surface area contributed by atoms with Crippen molar-refractivity contribution < 1.29 is 0 Å². The Kier molecular flexibility index (Phi) is 5.51. The van der Waals surface area contributed by atoms with Gasteiger partial charge in [-0.3, -0.25) is 0 Å². The monoisotopic (exact) mass is 211 g/mol. The molecule has 1 atom stereocenters. The predicted octanol–water partition coefficient (Wildman–Crippen LogP) is 3.38. The second kappa shape index (κ2) is 5.84. The van der Waals surface area contributed by atoms with Gasteiger partial charge in [0.05, 0.1) is 0 Å². The molecule has 0 aromatic heterocycles. The Hall–Kier alpha value is -0.790. The quantitative estimate of drug-likeness (QED) is 0.763. The SMILES string of the molecule is C=C(C)C[C@H](N)c1cccc(C)c1.Cl. The predicted molar refractivity (Wildman–Crippen MR) is 64.8 cm³/mol. The van der Waals surface area contributed by atoms with E-state index < -0.39 is 0 Å². The molecule has 1 aromatic carbocycles. The molecule has 0 aliphatic carbocycles. The number of rotatable bonds is 3. The van der Waals surface area contributed by atoms with Gasteiger partial charge in [-0.1, -0.05) is 35.4 Å². The minimum atomic E-state index is 0. The topological polar surface area (TPSA) is 26.0 Å². The molecule has 2 heteroatoms. The van der Waals surface area contributed by atoms with Gasteiger partial charge in [-0.25, -0.2) is 0 Å². The van der Waals surface area contributed by atoms with Crippen molar-refractivity contribution in [1.29, 1.82) is 0 Å². The number of halogens is 1. The van der Waals surface area contributed by atoms with Crippen LogP contribution >= 0.6 is 12.4 Å². The average molecular weight is 212 g/mol. The standard InChI is InChI=1S/C12H17N.ClH/c1-9(2)7-12(13)11-6-4-5-10(3)8-11;/h4-6,8,12H,1,7,13H2,2-3H3;1H/t12-;/m0./s1. The van der Waals surface area contributed by atoms with Crippen molar-refractivity contribution >= 4 is 12.4 Å². The average Bonchev–Trinajstić information content (AvgIpc) is 2.03. The van der Waals surface area contributed by atoms with Gasteiger partial charge in [0.1, 0.15) is 0 Å². The molecule has 0 aliphatic rings. The first kappa shape index (κ1) is 13.2. The van der Waals surface area contributed by atoms with Gasteiger partial charge in [0, 0.05) is 6.04 Å². The first-order valence-electron chi connectivity index (χ1n) is 4.56. The highest BCUT2D eigenvalue weighted by Gasteiger charge is 2.05. The molecular formula is C12H18ClN. The van der Waals surface area contributed by atoms with Gasteiger partial charge >= 0.3 is 0 Å². The van der Waals surface area contributed by atoms with Gasteiger partial charge in [0.25, 0.3) is 0 Å². The fraction of sp³-hybridized carbons (Fsp3) is 0.333. The number of benzene rings is 1. The molecule has 0 bridgehead atoms. The third kappa shape index (κ3) is 3.95. The maximum Gasteiger partial charge on any atom is 0.0332 e. The van der Waals surface area contributed by atoms with Crippen molar-refractivity contribution in [2.75, 3.05) is 0 Å². The zero-order valence-electron chi connectivity index (χ0n) is 8.79. The van der Waals surface area contributed by atoms with E-state index in [1.165, 1.54) is 11.1 Å². The summed E-state index contributed by atoms with van der Waals surface area (Å²) >= 11 is 0. The van der Waals surface area contributed by atoms with Crippen molar-refractivity contribution in [2.45, 2.75) is 26.3 Å². The maximum atomic E-state index is 6.00. The zero-order chi connectivity index (χ0) is 9.84. The summed E-state index contributed by atoms with van der Waals surface area (Å²) in [6.45, 7) is 7.95. The van der Waals surface area contributed by atoms with Crippen LogP contribution in [0.1, 0.15) is 30.5 Å². The van der Waals surface area contributed by atoms with E-state index in [0.29, 0.717) is 0 Å². The van der Waals surface area contributed by atoms with Gasteiger partial charge in [-0.05, 0) is 25.8 Å². The fourth-order valence-electron chi connectivity index (χ4n) is 1.39. The lowest BCUT2D eigenvalue weighted by Crippen LogP contribution is -2.10. The van der Waals surface area contributed by atoms with Crippen LogP contribution in [0.4, 0.5) is 0 Å². The molecule has 1 aromatic rings. The minimum absolute atomic E-state index is 0. The Labute approximate surface area is 92.4 Å². The molecule has 0 fully saturated rings. The normalized spacial score (nSPS) is 11.6. The molecule has 1 rings (SSSR count). The van der Waals surface area contributed by atoms with Crippen LogP contribution in [-0.4, -0.2) is 0 Å². The molecule has 14 heavy (non-hydrogen) atoms. The van der Waals surface area contributed by atoms with Crippen LogP contribution in [-0.2, 0) is 0 Å². The lowest BCUT2D eigenvalue weighted by molar-refractivity contribution is 0.716. The summed E-state index contributed by atoms with van der Waals surface area (Å²) in [7, 11) is 0. The summed E-state index contributed by atoms with van der Waals surface area (Å²) in [6.07, 6.45) is 0.865. The van der Waals surface area contributed by atoms with Crippen molar-refractivity contribution in [2.24, 2.45) is 5.73 Å². The molecule has 0 heterocycles. The van der Waals surface area contributed by atoms with E-state index in [0.717, 1.165) is 12.0 Å². The van der Waals surface area contributed by atoms with E-state index in [9.17, 15) is 0 Å². The van der Waals surface area contributed by atoms with E-state index in [-0.39, 0.29) is 18.4 Å². The van der Waals surface area contributed by atoms with Crippen molar-refractivity contribution in [3.05, 3.63) is 47.5 Å². The van der Waals surface area contributed by atoms with Crippen LogP contribution in [0.25, 0.3) is 0 Å². The Morgan fingerprint density at radius 3 is 2.64 bits per heavy atom. The molecule has 1 nitrogen and oxygen atoms in total. The highest BCUT2D eigenvalue weighted by Crippen LogP contribution is 2.18. The van der Waals surface area contributed by atoms with Crippen molar-refractivity contribution in [1.82, 2.24) is 0 Å².